The van der Waals surface area contributed by atoms with Gasteiger partial charge in [-0.1, -0.05) is 11.1 Å². The molecule has 0 aliphatic carbocycles. The minimum Gasteiger partial charge on any atom is -0.387 e. The van der Waals surface area contributed by atoms with Crippen molar-refractivity contribution in [2.45, 2.75) is 27.7 Å². The summed E-state index contributed by atoms with van der Waals surface area (Å²) >= 11 is 0. The van der Waals surface area contributed by atoms with Crippen molar-refractivity contribution in [3.05, 3.63) is 36.5 Å². The Morgan fingerprint density at radius 2 is 1.12 bits per heavy atom. The first-order valence-electron chi connectivity index (χ1n) is 4.43. The van der Waals surface area contributed by atoms with Gasteiger partial charge in [-0.25, -0.2) is 9.59 Å². The van der Waals surface area contributed by atoms with Gasteiger partial charge in [-0.2, -0.15) is 0 Å². The third-order valence-electron chi connectivity index (χ3n) is 0.557. The summed E-state index contributed by atoms with van der Waals surface area (Å²) in [4.78, 5) is 19.8. The molecule has 3 nitrogen and oxygen atoms in total. The van der Waals surface area contributed by atoms with Crippen LogP contribution >= 0.6 is 0 Å². The maximum atomic E-state index is 9.92. The molecule has 1 radical (unpaired) electrons. The molecule has 0 fully saturated rings. The number of carbonyl (C=O) groups is 2. The summed E-state index contributed by atoms with van der Waals surface area (Å²) in [5.74, 6) is -1.16. The predicted molar refractivity (Wildman–Crippen MR) is 67.0 cm³/mol. The number of allylic oxidation sites excluding steroid dienone is 2. The number of rotatable bonds is 0. The van der Waals surface area contributed by atoms with Gasteiger partial charge in [-0.3, -0.25) is 0 Å². The van der Waals surface area contributed by atoms with E-state index in [1.165, 1.54) is 11.1 Å². The van der Waals surface area contributed by atoms with Crippen LogP contribution in [0.25, 0.3) is 0 Å². The molecule has 1 aliphatic heterocycles. The molecule has 0 aromatic carbocycles. The standard InChI is InChI=1S/C4H2O3.2C4H8.Na/c5-3-1-2-4(6)7-3;2*1-4(2)3;/h1-2H;2*1H2,2-3H3;. The molecule has 0 amide bonds. The first-order valence-corrected chi connectivity index (χ1v) is 4.43. The summed E-state index contributed by atoms with van der Waals surface area (Å²) in [7, 11) is 0. The average molecular weight is 233 g/mol. The number of hydrogen-bond acceptors (Lipinski definition) is 3. The smallest absolute Gasteiger partial charge is 0.338 e. The van der Waals surface area contributed by atoms with Crippen LogP contribution in [0, 0.1) is 0 Å². The molecule has 1 rings (SSSR count). The van der Waals surface area contributed by atoms with Crippen molar-refractivity contribution in [2.75, 3.05) is 0 Å². The largest absolute Gasteiger partial charge is 0.387 e. The van der Waals surface area contributed by atoms with Gasteiger partial charge in [0.25, 0.3) is 0 Å². The third-order valence-corrected chi connectivity index (χ3v) is 0.557. The van der Waals surface area contributed by atoms with Gasteiger partial charge in [-0.05, 0) is 27.7 Å². The molecule has 0 aromatic heterocycles. The number of ether oxygens (including phenoxy) is 1. The van der Waals surface area contributed by atoms with Crippen LogP contribution < -0.4 is 0 Å². The van der Waals surface area contributed by atoms with E-state index in [0.29, 0.717) is 0 Å². The molecule has 85 valence electrons. The van der Waals surface area contributed by atoms with Crippen LogP contribution in [0.15, 0.2) is 36.5 Å². The van der Waals surface area contributed by atoms with Crippen molar-refractivity contribution in [3.8, 4) is 0 Å². The minimum absolute atomic E-state index is 0. The van der Waals surface area contributed by atoms with Crippen molar-refractivity contribution < 1.29 is 14.3 Å². The average Bonchev–Trinajstić information content (AvgIpc) is 2.31. The fourth-order valence-electron chi connectivity index (χ4n) is 0.303. The van der Waals surface area contributed by atoms with Gasteiger partial charge in [0, 0.05) is 41.7 Å². The number of carbonyl (C=O) groups excluding carboxylic acids is 2. The van der Waals surface area contributed by atoms with Gasteiger partial charge in [0.2, 0.25) is 0 Å². The van der Waals surface area contributed by atoms with Crippen molar-refractivity contribution in [1.82, 2.24) is 0 Å². The second kappa shape index (κ2) is 12.4. The molecule has 0 atom stereocenters. The Labute approximate surface area is 120 Å². The van der Waals surface area contributed by atoms with E-state index in [2.05, 4.69) is 17.9 Å². The fraction of sp³-hybridized carbons (Fsp3) is 0.333. The summed E-state index contributed by atoms with van der Waals surface area (Å²) in [5, 5.41) is 0. The van der Waals surface area contributed by atoms with Crippen LogP contribution in [0.3, 0.4) is 0 Å². The zero-order valence-electron chi connectivity index (χ0n) is 10.8. The molecule has 0 unspecified atom stereocenters. The Kier molecular flexibility index (Phi) is 16.1. The molecule has 16 heavy (non-hydrogen) atoms. The van der Waals surface area contributed by atoms with E-state index in [-0.39, 0.29) is 29.6 Å². The zero-order chi connectivity index (χ0) is 12.4. The molecule has 0 N–H and O–H groups in total. The maximum absolute atomic E-state index is 9.92. The summed E-state index contributed by atoms with van der Waals surface area (Å²) < 4.78 is 3.97. The van der Waals surface area contributed by atoms with Gasteiger partial charge in [0.1, 0.15) is 0 Å². The molecule has 0 spiro atoms. The van der Waals surface area contributed by atoms with Crippen LogP contribution in [0.5, 0.6) is 0 Å². The molecule has 0 aromatic rings. The Morgan fingerprint density at radius 3 is 1.19 bits per heavy atom. The maximum Gasteiger partial charge on any atom is 0.338 e. The molecule has 1 aliphatic rings. The number of hydrogen-bond donors (Lipinski definition) is 0. The first-order chi connectivity index (χ1) is 6.75. The van der Waals surface area contributed by atoms with Gasteiger partial charge in [0.15, 0.2) is 0 Å². The van der Waals surface area contributed by atoms with Crippen molar-refractivity contribution in [2.24, 2.45) is 0 Å². The van der Waals surface area contributed by atoms with Gasteiger partial charge >= 0.3 is 11.9 Å². The Morgan fingerprint density at radius 1 is 0.938 bits per heavy atom. The first kappa shape index (κ1) is 20.7. The van der Waals surface area contributed by atoms with Crippen LogP contribution in [-0.4, -0.2) is 41.5 Å². The van der Waals surface area contributed by atoms with Gasteiger partial charge in [-0.15, -0.1) is 13.2 Å². The van der Waals surface area contributed by atoms with E-state index in [1.807, 2.05) is 27.7 Å². The van der Waals surface area contributed by atoms with E-state index in [0.717, 1.165) is 12.2 Å². The van der Waals surface area contributed by atoms with Gasteiger partial charge < -0.3 is 4.74 Å². The number of esters is 2. The molecule has 4 heteroatoms. The van der Waals surface area contributed by atoms with Crippen LogP contribution in [0.1, 0.15) is 27.7 Å². The quantitative estimate of drug-likeness (QED) is 0.279. The normalized spacial score (nSPS) is 11.0. The SMILES string of the molecule is C=C(C)C.C=C(C)C.O=C1C=CC(=O)O1.[Na]. The van der Waals surface area contributed by atoms with E-state index < -0.39 is 11.9 Å². The molecule has 0 saturated heterocycles. The molecular weight excluding hydrogens is 215 g/mol. The molecule has 1 heterocycles. The van der Waals surface area contributed by atoms with Crippen molar-refractivity contribution in [1.29, 1.82) is 0 Å². The summed E-state index contributed by atoms with van der Waals surface area (Å²) in [6.45, 7) is 15.0. The van der Waals surface area contributed by atoms with Crippen molar-refractivity contribution in [3.63, 3.8) is 0 Å². The van der Waals surface area contributed by atoms with E-state index in [1.54, 1.807) is 0 Å². The summed E-state index contributed by atoms with van der Waals surface area (Å²) in [6, 6.07) is 0. The fourth-order valence-corrected chi connectivity index (χ4v) is 0.303. The van der Waals surface area contributed by atoms with E-state index >= 15 is 0 Å². The zero-order valence-corrected chi connectivity index (χ0v) is 12.8. The minimum atomic E-state index is -0.579. The second-order valence-electron chi connectivity index (χ2n) is 3.49. The van der Waals surface area contributed by atoms with Crippen LogP contribution in [-0.2, 0) is 14.3 Å². The van der Waals surface area contributed by atoms with E-state index in [9.17, 15) is 9.59 Å². The van der Waals surface area contributed by atoms with Gasteiger partial charge in [0.05, 0.1) is 0 Å². The predicted octanol–water partition coefficient (Wildman–Crippen LogP) is 2.41. The Balaban J connectivity index is -0.000000166. The van der Waals surface area contributed by atoms with Crippen molar-refractivity contribution >= 4 is 41.5 Å². The van der Waals surface area contributed by atoms with Crippen LogP contribution in [0.2, 0.25) is 0 Å². The molecule has 0 saturated carbocycles. The molecular formula is C12H18NaO3. The summed E-state index contributed by atoms with van der Waals surface area (Å²) in [6.07, 6.45) is 2.17. The second-order valence-corrected chi connectivity index (χ2v) is 3.49. The Bertz CT molecular complexity index is 255. The topological polar surface area (TPSA) is 43.4 Å². The molecule has 0 bridgehead atoms. The monoisotopic (exact) mass is 233 g/mol. The summed E-state index contributed by atoms with van der Waals surface area (Å²) in [5.41, 5.74) is 2.33. The Hall–Kier alpha value is -0.640. The third kappa shape index (κ3) is 29.2. The van der Waals surface area contributed by atoms with Crippen LogP contribution in [0.4, 0.5) is 0 Å². The number of cyclic esters (lactones) is 2. The van der Waals surface area contributed by atoms with E-state index in [4.69, 9.17) is 0 Å².